The summed E-state index contributed by atoms with van der Waals surface area (Å²) in [6.45, 7) is 3.69. The van der Waals surface area contributed by atoms with Crippen molar-refractivity contribution < 1.29 is 4.74 Å². The Morgan fingerprint density at radius 1 is 1.32 bits per heavy atom. The number of rotatable bonds is 5. The Morgan fingerprint density at radius 3 is 3.05 bits per heavy atom. The molecule has 3 aromatic rings. The Kier molecular flexibility index (Phi) is 3.51. The lowest BCUT2D eigenvalue weighted by Crippen LogP contribution is -1.98. The fourth-order valence-electron chi connectivity index (χ4n) is 2.16. The second kappa shape index (κ2) is 5.45. The highest BCUT2D eigenvalue weighted by molar-refractivity contribution is 7.07. The third-order valence-corrected chi connectivity index (χ3v) is 3.69. The summed E-state index contributed by atoms with van der Waals surface area (Å²) in [4.78, 5) is 4.34. The van der Waals surface area contributed by atoms with E-state index >= 15 is 0 Å². The van der Waals surface area contributed by atoms with Crippen molar-refractivity contribution in [2.24, 2.45) is 0 Å². The van der Waals surface area contributed by atoms with Crippen molar-refractivity contribution in [2.75, 3.05) is 6.61 Å². The molecule has 0 radical (unpaired) electrons. The van der Waals surface area contributed by atoms with E-state index in [-0.39, 0.29) is 0 Å². The van der Waals surface area contributed by atoms with Crippen LogP contribution in [0.5, 0.6) is 5.75 Å². The van der Waals surface area contributed by atoms with Crippen molar-refractivity contribution in [1.29, 1.82) is 0 Å². The molecule has 0 saturated carbocycles. The Balaban J connectivity index is 1.94. The largest absolute Gasteiger partial charge is 0.493 e. The summed E-state index contributed by atoms with van der Waals surface area (Å²) < 4.78 is 8.00. The Morgan fingerprint density at radius 2 is 2.26 bits per heavy atom. The summed E-state index contributed by atoms with van der Waals surface area (Å²) in [6.07, 6.45) is 3.12. The smallest absolute Gasteiger partial charge is 0.128 e. The fourth-order valence-corrected chi connectivity index (χ4v) is 2.71. The van der Waals surface area contributed by atoms with Crippen LogP contribution in [-0.2, 0) is 6.54 Å². The van der Waals surface area contributed by atoms with E-state index in [1.807, 2.05) is 17.6 Å². The lowest BCUT2D eigenvalue weighted by Gasteiger charge is -2.07. The van der Waals surface area contributed by atoms with Crippen LogP contribution < -0.4 is 4.74 Å². The topological polar surface area (TPSA) is 27.1 Å². The Labute approximate surface area is 116 Å². The van der Waals surface area contributed by atoms with Crippen molar-refractivity contribution in [3.63, 3.8) is 0 Å². The second-order valence-corrected chi connectivity index (χ2v) is 5.18. The summed E-state index contributed by atoms with van der Waals surface area (Å²) >= 11 is 1.63. The molecule has 3 nitrogen and oxygen atoms in total. The van der Waals surface area contributed by atoms with Crippen molar-refractivity contribution in [3.05, 3.63) is 47.0 Å². The first-order valence-corrected chi connectivity index (χ1v) is 7.40. The molecule has 0 atom stereocenters. The van der Waals surface area contributed by atoms with Gasteiger partial charge in [0.1, 0.15) is 5.75 Å². The molecule has 0 fully saturated rings. The van der Waals surface area contributed by atoms with Gasteiger partial charge < -0.3 is 9.30 Å². The van der Waals surface area contributed by atoms with Gasteiger partial charge in [-0.1, -0.05) is 13.0 Å². The standard InChI is InChI=1S/C15H16N2OS/c1-2-8-18-15-5-3-4-14-13(15)6-7-17(14)9-12-10-19-11-16-12/h3-7,10-11H,2,8-9H2,1H3. The highest BCUT2D eigenvalue weighted by atomic mass is 32.1. The maximum absolute atomic E-state index is 5.79. The monoisotopic (exact) mass is 272 g/mol. The zero-order valence-electron chi connectivity index (χ0n) is 10.9. The van der Waals surface area contributed by atoms with Crippen LogP contribution in [0.15, 0.2) is 41.4 Å². The number of fused-ring (bicyclic) bond motifs is 1. The van der Waals surface area contributed by atoms with Crippen LogP contribution in [0.1, 0.15) is 19.0 Å². The number of nitrogens with zero attached hydrogens (tertiary/aromatic N) is 2. The predicted octanol–water partition coefficient (Wildman–Crippen LogP) is 3.93. The number of aromatic nitrogens is 2. The number of hydrogen-bond acceptors (Lipinski definition) is 3. The molecule has 0 aliphatic carbocycles. The zero-order valence-corrected chi connectivity index (χ0v) is 11.7. The summed E-state index contributed by atoms with van der Waals surface area (Å²) in [7, 11) is 0. The lowest BCUT2D eigenvalue weighted by molar-refractivity contribution is 0.321. The first kappa shape index (κ1) is 12.2. The normalized spacial score (nSPS) is 11.0. The SMILES string of the molecule is CCCOc1cccc2c1ccn2Cc1cscn1. The van der Waals surface area contributed by atoms with Gasteiger partial charge in [-0.25, -0.2) is 4.98 Å². The minimum absolute atomic E-state index is 0.760. The van der Waals surface area contributed by atoms with E-state index in [0.29, 0.717) is 0 Å². The molecular weight excluding hydrogens is 256 g/mol. The molecule has 1 aromatic carbocycles. The Bertz CT molecular complexity index is 658. The molecule has 0 bridgehead atoms. The van der Waals surface area contributed by atoms with Crippen LogP contribution in [0.2, 0.25) is 0 Å². The molecule has 0 aliphatic rings. The van der Waals surface area contributed by atoms with Crippen LogP contribution in [0.3, 0.4) is 0 Å². The lowest BCUT2D eigenvalue weighted by atomic mass is 10.2. The summed E-state index contributed by atoms with van der Waals surface area (Å²) in [5.41, 5.74) is 4.17. The molecule has 0 spiro atoms. The molecule has 98 valence electrons. The first-order valence-electron chi connectivity index (χ1n) is 6.46. The fraction of sp³-hybridized carbons (Fsp3) is 0.267. The van der Waals surface area contributed by atoms with Gasteiger partial charge in [0.05, 0.1) is 29.9 Å². The molecule has 4 heteroatoms. The van der Waals surface area contributed by atoms with Gasteiger partial charge in [0.2, 0.25) is 0 Å². The van der Waals surface area contributed by atoms with Crippen molar-refractivity contribution in [1.82, 2.24) is 9.55 Å². The molecular formula is C15H16N2OS. The molecule has 2 aromatic heterocycles. The van der Waals surface area contributed by atoms with Gasteiger partial charge in [-0.2, -0.15) is 0 Å². The van der Waals surface area contributed by atoms with Crippen molar-refractivity contribution in [2.45, 2.75) is 19.9 Å². The second-order valence-electron chi connectivity index (χ2n) is 4.46. The minimum Gasteiger partial charge on any atom is -0.493 e. The van der Waals surface area contributed by atoms with Gasteiger partial charge in [0, 0.05) is 17.0 Å². The third-order valence-electron chi connectivity index (χ3n) is 3.05. The molecule has 19 heavy (non-hydrogen) atoms. The molecule has 3 rings (SSSR count). The molecule has 0 unspecified atom stereocenters. The van der Waals surface area contributed by atoms with E-state index in [0.717, 1.165) is 31.0 Å². The number of ether oxygens (including phenoxy) is 1. The van der Waals surface area contributed by atoms with Gasteiger partial charge in [0.15, 0.2) is 0 Å². The maximum Gasteiger partial charge on any atom is 0.128 e. The van der Waals surface area contributed by atoms with Gasteiger partial charge in [-0.15, -0.1) is 11.3 Å². The van der Waals surface area contributed by atoms with Gasteiger partial charge in [0.25, 0.3) is 0 Å². The summed E-state index contributed by atoms with van der Waals surface area (Å²) in [6, 6.07) is 8.32. The van der Waals surface area contributed by atoms with Gasteiger partial charge in [-0.05, 0) is 24.6 Å². The predicted molar refractivity (Wildman–Crippen MR) is 78.9 cm³/mol. The van der Waals surface area contributed by atoms with Gasteiger partial charge in [-0.3, -0.25) is 0 Å². The highest BCUT2D eigenvalue weighted by Gasteiger charge is 2.07. The van der Waals surface area contributed by atoms with Crippen molar-refractivity contribution >= 4 is 22.2 Å². The molecule has 0 amide bonds. The van der Waals surface area contributed by atoms with Crippen LogP contribution in [0.4, 0.5) is 0 Å². The van der Waals surface area contributed by atoms with E-state index in [4.69, 9.17) is 4.74 Å². The van der Waals surface area contributed by atoms with Crippen LogP contribution in [0.25, 0.3) is 10.9 Å². The van der Waals surface area contributed by atoms with E-state index in [9.17, 15) is 0 Å². The van der Waals surface area contributed by atoms with E-state index in [1.54, 1.807) is 11.3 Å². The van der Waals surface area contributed by atoms with Crippen LogP contribution in [0, 0.1) is 0 Å². The summed E-state index contributed by atoms with van der Waals surface area (Å²) in [5, 5.41) is 3.26. The maximum atomic E-state index is 5.79. The number of hydrogen-bond donors (Lipinski definition) is 0. The molecule has 0 N–H and O–H groups in total. The van der Waals surface area contributed by atoms with Gasteiger partial charge >= 0.3 is 0 Å². The Hall–Kier alpha value is -1.81. The molecule has 0 saturated heterocycles. The van der Waals surface area contributed by atoms with Crippen LogP contribution >= 0.6 is 11.3 Å². The minimum atomic E-state index is 0.760. The first-order chi connectivity index (χ1) is 9.38. The molecule has 2 heterocycles. The highest BCUT2D eigenvalue weighted by Crippen LogP contribution is 2.27. The van der Waals surface area contributed by atoms with Crippen LogP contribution in [-0.4, -0.2) is 16.2 Å². The molecule has 0 aliphatic heterocycles. The average Bonchev–Trinajstić information content (AvgIpc) is 3.07. The third kappa shape index (κ3) is 2.49. The van der Waals surface area contributed by atoms with E-state index < -0.39 is 0 Å². The number of benzene rings is 1. The van der Waals surface area contributed by atoms with E-state index in [2.05, 4.69) is 40.2 Å². The van der Waals surface area contributed by atoms with E-state index in [1.165, 1.54) is 10.9 Å². The quantitative estimate of drug-likeness (QED) is 0.703. The van der Waals surface area contributed by atoms with Crippen molar-refractivity contribution in [3.8, 4) is 5.75 Å². The number of thiazole rings is 1. The zero-order chi connectivity index (χ0) is 13.1. The summed E-state index contributed by atoms with van der Waals surface area (Å²) in [5.74, 6) is 0.969. The average molecular weight is 272 g/mol.